The number of Topliss-reactive ketones (excluding diaryl/α,β-unsaturated/α-hetero) is 1. The summed E-state index contributed by atoms with van der Waals surface area (Å²) in [6, 6.07) is 4.08. The van der Waals surface area contributed by atoms with E-state index in [4.69, 9.17) is 21.1 Å². The molecule has 0 amide bonds. The largest absolute Gasteiger partial charge is 0.459 e. The van der Waals surface area contributed by atoms with Crippen LogP contribution in [0.25, 0.3) is 0 Å². The van der Waals surface area contributed by atoms with Crippen LogP contribution in [-0.4, -0.2) is 36.0 Å². The molecule has 0 saturated carbocycles. The minimum Gasteiger partial charge on any atom is -0.459 e. The SMILES string of the molecule is CC1=C(C(=O)OC[C@@H]2CCCO2)[C@H](c2cc([N+](=O)[O-])ccc2Cl)C2=C(CC(C)(C)CC2=O)N1. The highest BCUT2D eigenvalue weighted by molar-refractivity contribution is 6.31. The summed E-state index contributed by atoms with van der Waals surface area (Å²) in [5.74, 6) is -1.56. The Balaban J connectivity index is 1.80. The van der Waals surface area contributed by atoms with E-state index in [1.165, 1.54) is 18.2 Å². The maximum atomic E-state index is 13.3. The van der Waals surface area contributed by atoms with Crippen molar-refractivity contribution in [3.63, 3.8) is 0 Å². The van der Waals surface area contributed by atoms with Crippen molar-refractivity contribution < 1.29 is 24.0 Å². The number of halogens is 1. The van der Waals surface area contributed by atoms with E-state index in [1.807, 2.05) is 13.8 Å². The number of carbonyl (C=O) groups excluding carboxylic acids is 2. The molecule has 33 heavy (non-hydrogen) atoms. The van der Waals surface area contributed by atoms with E-state index in [0.29, 0.717) is 36.3 Å². The lowest BCUT2D eigenvalue weighted by molar-refractivity contribution is -0.384. The maximum Gasteiger partial charge on any atom is 0.336 e. The topological polar surface area (TPSA) is 108 Å². The van der Waals surface area contributed by atoms with Crippen molar-refractivity contribution in [1.82, 2.24) is 5.32 Å². The number of ether oxygens (including phenoxy) is 2. The monoisotopic (exact) mass is 474 g/mol. The van der Waals surface area contributed by atoms with Crippen LogP contribution in [0.4, 0.5) is 5.69 Å². The summed E-state index contributed by atoms with van der Waals surface area (Å²) in [6.07, 6.45) is 2.48. The van der Waals surface area contributed by atoms with E-state index in [9.17, 15) is 19.7 Å². The predicted molar refractivity (Wildman–Crippen MR) is 122 cm³/mol. The fourth-order valence-corrected chi connectivity index (χ4v) is 5.13. The summed E-state index contributed by atoms with van der Waals surface area (Å²) in [4.78, 5) is 37.6. The molecule has 1 fully saturated rings. The van der Waals surface area contributed by atoms with Gasteiger partial charge in [-0.3, -0.25) is 14.9 Å². The fourth-order valence-electron chi connectivity index (χ4n) is 4.91. The number of hydrogen-bond donors (Lipinski definition) is 1. The van der Waals surface area contributed by atoms with Gasteiger partial charge in [0.1, 0.15) is 6.61 Å². The van der Waals surface area contributed by atoms with Crippen LogP contribution in [-0.2, 0) is 19.1 Å². The standard InChI is InChI=1S/C24H27ClN2O6/c1-13-20(23(29)33-12-15-5-4-8-32-15)21(16-9-14(27(30)31)6-7-17(16)25)22-18(26-13)10-24(2,3)11-19(22)28/h6-7,9,15,21,26H,4-5,8,10-12H2,1-3H3/t15-,21-/m0/s1. The first-order valence-corrected chi connectivity index (χ1v) is 11.4. The smallest absolute Gasteiger partial charge is 0.336 e. The van der Waals surface area contributed by atoms with Crippen LogP contribution in [0.2, 0.25) is 5.02 Å². The minimum atomic E-state index is -0.853. The molecule has 0 radical (unpaired) electrons. The Morgan fingerprint density at radius 3 is 2.79 bits per heavy atom. The molecule has 3 aliphatic rings. The van der Waals surface area contributed by atoms with Gasteiger partial charge in [-0.15, -0.1) is 0 Å². The lowest BCUT2D eigenvalue weighted by atomic mass is 9.68. The van der Waals surface area contributed by atoms with Gasteiger partial charge in [0.15, 0.2) is 5.78 Å². The van der Waals surface area contributed by atoms with Gasteiger partial charge in [0.25, 0.3) is 5.69 Å². The molecule has 4 rings (SSSR count). The summed E-state index contributed by atoms with van der Waals surface area (Å²) >= 11 is 6.50. The maximum absolute atomic E-state index is 13.3. The third-order valence-electron chi connectivity index (χ3n) is 6.39. The van der Waals surface area contributed by atoms with Crippen molar-refractivity contribution in [1.29, 1.82) is 0 Å². The second-order valence-electron chi connectivity index (χ2n) is 9.63. The number of benzene rings is 1. The highest BCUT2D eigenvalue weighted by Gasteiger charge is 2.44. The summed E-state index contributed by atoms with van der Waals surface area (Å²) in [5.41, 5.74) is 1.85. The van der Waals surface area contributed by atoms with Crippen molar-refractivity contribution in [2.45, 2.75) is 58.5 Å². The number of carbonyl (C=O) groups is 2. The van der Waals surface area contributed by atoms with Crippen molar-refractivity contribution >= 4 is 29.0 Å². The van der Waals surface area contributed by atoms with E-state index in [1.54, 1.807) is 6.92 Å². The number of ketones is 1. The second-order valence-corrected chi connectivity index (χ2v) is 10.0. The highest BCUT2D eigenvalue weighted by atomic mass is 35.5. The summed E-state index contributed by atoms with van der Waals surface area (Å²) in [6.45, 7) is 6.51. The molecule has 8 nitrogen and oxygen atoms in total. The number of nitrogens with zero attached hydrogens (tertiary/aromatic N) is 1. The second kappa shape index (κ2) is 8.91. The Kier molecular flexibility index (Phi) is 6.33. The van der Waals surface area contributed by atoms with Crippen LogP contribution >= 0.6 is 11.6 Å². The third-order valence-corrected chi connectivity index (χ3v) is 6.73. The number of rotatable bonds is 5. The zero-order valence-electron chi connectivity index (χ0n) is 18.9. The van der Waals surface area contributed by atoms with E-state index < -0.39 is 16.8 Å². The first kappa shape index (κ1) is 23.4. The van der Waals surface area contributed by atoms with Gasteiger partial charge in [-0.05, 0) is 43.2 Å². The normalized spacial score (nSPS) is 24.4. The zero-order valence-corrected chi connectivity index (χ0v) is 19.7. The Morgan fingerprint density at radius 2 is 2.12 bits per heavy atom. The average Bonchev–Trinajstić information content (AvgIpc) is 3.24. The minimum absolute atomic E-state index is 0.109. The summed E-state index contributed by atoms with van der Waals surface area (Å²) in [5, 5.41) is 15.0. The molecule has 0 unspecified atom stereocenters. The molecule has 9 heteroatoms. The summed E-state index contributed by atoms with van der Waals surface area (Å²) in [7, 11) is 0. The third kappa shape index (κ3) is 4.68. The molecular formula is C24H27ClN2O6. The first-order valence-electron chi connectivity index (χ1n) is 11.0. The van der Waals surface area contributed by atoms with Crippen molar-refractivity contribution in [2.75, 3.05) is 13.2 Å². The van der Waals surface area contributed by atoms with Gasteiger partial charge < -0.3 is 14.8 Å². The number of hydrogen-bond acceptors (Lipinski definition) is 7. The predicted octanol–water partition coefficient (Wildman–Crippen LogP) is 4.57. The summed E-state index contributed by atoms with van der Waals surface area (Å²) < 4.78 is 11.1. The number of dihydropyridines is 1. The molecule has 2 atom stereocenters. The van der Waals surface area contributed by atoms with Gasteiger partial charge >= 0.3 is 5.97 Å². The van der Waals surface area contributed by atoms with Crippen LogP contribution < -0.4 is 5.32 Å². The molecule has 1 N–H and O–H groups in total. The van der Waals surface area contributed by atoms with Crippen LogP contribution in [0.3, 0.4) is 0 Å². The van der Waals surface area contributed by atoms with Crippen molar-refractivity contribution in [3.05, 3.63) is 61.4 Å². The molecule has 1 aromatic rings. The molecule has 1 aromatic carbocycles. The Bertz CT molecular complexity index is 1080. The van der Waals surface area contributed by atoms with Gasteiger partial charge in [0.05, 0.1) is 16.6 Å². The molecule has 1 saturated heterocycles. The lowest BCUT2D eigenvalue weighted by Gasteiger charge is -2.39. The van der Waals surface area contributed by atoms with Crippen LogP contribution in [0.15, 0.2) is 40.7 Å². The van der Waals surface area contributed by atoms with Crippen molar-refractivity contribution in [2.24, 2.45) is 5.41 Å². The van der Waals surface area contributed by atoms with Gasteiger partial charge in [-0.25, -0.2) is 4.79 Å². The number of non-ortho nitro benzene ring substituents is 1. The number of esters is 1. The Labute approximate surface area is 197 Å². The number of allylic oxidation sites excluding steroid dienone is 3. The lowest BCUT2D eigenvalue weighted by Crippen LogP contribution is -2.39. The number of nitrogens with one attached hydrogen (secondary N) is 1. The van der Waals surface area contributed by atoms with Gasteiger partial charge in [-0.2, -0.15) is 0 Å². The average molecular weight is 475 g/mol. The number of nitro groups is 1. The Hall–Kier alpha value is -2.71. The molecule has 1 aliphatic carbocycles. The highest BCUT2D eigenvalue weighted by Crippen LogP contribution is 2.48. The van der Waals surface area contributed by atoms with Gasteiger partial charge in [0, 0.05) is 53.1 Å². The zero-order chi connectivity index (χ0) is 23.9. The molecule has 2 aliphatic heterocycles. The van der Waals surface area contributed by atoms with Gasteiger partial charge in [0.2, 0.25) is 0 Å². The number of nitro benzene ring substituents is 1. The molecule has 0 aromatic heterocycles. The molecule has 176 valence electrons. The molecular weight excluding hydrogens is 448 g/mol. The Morgan fingerprint density at radius 1 is 1.36 bits per heavy atom. The van der Waals surface area contributed by atoms with E-state index >= 15 is 0 Å². The molecule has 0 spiro atoms. The van der Waals surface area contributed by atoms with E-state index in [0.717, 1.165) is 18.5 Å². The molecule has 2 heterocycles. The van der Waals surface area contributed by atoms with Crippen molar-refractivity contribution in [3.8, 4) is 0 Å². The van der Waals surface area contributed by atoms with Gasteiger partial charge in [-0.1, -0.05) is 25.4 Å². The first-order chi connectivity index (χ1) is 15.6. The molecule has 0 bridgehead atoms. The van der Waals surface area contributed by atoms with E-state index in [2.05, 4.69) is 5.32 Å². The van der Waals surface area contributed by atoms with Crippen LogP contribution in [0.1, 0.15) is 57.9 Å². The fraction of sp³-hybridized carbons (Fsp3) is 0.500. The quantitative estimate of drug-likeness (QED) is 0.378. The van der Waals surface area contributed by atoms with E-state index in [-0.39, 0.29) is 40.2 Å². The van der Waals surface area contributed by atoms with Crippen LogP contribution in [0, 0.1) is 15.5 Å². The van der Waals surface area contributed by atoms with Crippen LogP contribution in [0.5, 0.6) is 0 Å².